The molecule has 3 rings (SSSR count). The van der Waals surface area contributed by atoms with E-state index in [1.54, 1.807) is 19.2 Å². The first-order valence-corrected chi connectivity index (χ1v) is 10.6. The second-order valence-corrected chi connectivity index (χ2v) is 8.11. The number of likely N-dealkylation sites (tertiary alicyclic amines) is 1. The molecule has 0 aromatic heterocycles. The Morgan fingerprint density at radius 1 is 1.35 bits per heavy atom. The third-order valence-corrected chi connectivity index (χ3v) is 6.22. The molecule has 4 N–H and O–H groups in total. The largest absolute Gasteiger partial charge is 0.496 e. The minimum absolute atomic E-state index is 0.0342. The maximum absolute atomic E-state index is 12.3. The number of aliphatic imine (C=N–C) groups is 1. The normalized spacial score (nSPS) is 20.3. The van der Waals surface area contributed by atoms with Gasteiger partial charge in [-0.2, -0.15) is 0 Å². The minimum Gasteiger partial charge on any atom is -0.496 e. The molecule has 2 heterocycles. The molecule has 0 aliphatic carbocycles. The van der Waals surface area contributed by atoms with E-state index in [4.69, 9.17) is 15.9 Å². The Labute approximate surface area is 183 Å². The van der Waals surface area contributed by atoms with Gasteiger partial charge in [-0.1, -0.05) is 18.7 Å². The fourth-order valence-electron chi connectivity index (χ4n) is 4.38. The van der Waals surface area contributed by atoms with Gasteiger partial charge in [0.1, 0.15) is 17.5 Å². The van der Waals surface area contributed by atoms with Crippen molar-refractivity contribution in [1.29, 1.82) is 5.41 Å². The zero-order valence-corrected chi connectivity index (χ0v) is 18.2. The van der Waals surface area contributed by atoms with Gasteiger partial charge < -0.3 is 26.1 Å². The van der Waals surface area contributed by atoms with Crippen LogP contribution in [0.3, 0.4) is 0 Å². The van der Waals surface area contributed by atoms with Crippen LogP contribution in [0.2, 0.25) is 0 Å². The van der Waals surface area contributed by atoms with Crippen molar-refractivity contribution in [2.24, 2.45) is 22.6 Å². The number of rotatable bonds is 7. The number of amidine groups is 1. The Morgan fingerprint density at radius 3 is 2.68 bits per heavy atom. The van der Waals surface area contributed by atoms with E-state index in [1.807, 2.05) is 17.9 Å². The number of aryl methyl sites for hydroxylation is 1. The van der Waals surface area contributed by atoms with Crippen LogP contribution in [0.5, 0.6) is 5.75 Å². The highest BCUT2D eigenvalue weighted by molar-refractivity contribution is 6.25. The molecule has 2 amide bonds. The van der Waals surface area contributed by atoms with Gasteiger partial charge in [-0.25, -0.2) is 0 Å². The van der Waals surface area contributed by atoms with Gasteiger partial charge in [0, 0.05) is 31.2 Å². The zero-order chi connectivity index (χ0) is 22.5. The molecule has 31 heavy (non-hydrogen) atoms. The molecule has 0 saturated carbocycles. The molecule has 2 aliphatic heterocycles. The summed E-state index contributed by atoms with van der Waals surface area (Å²) in [6.45, 7) is 7.44. The topological polar surface area (TPSA) is 121 Å². The summed E-state index contributed by atoms with van der Waals surface area (Å²) in [6, 6.07) is 5.54. The number of carbonyl (C=O) groups excluding carboxylic acids is 2. The number of nitrogens with one attached hydrogen (secondary N) is 2. The molecule has 166 valence electrons. The summed E-state index contributed by atoms with van der Waals surface area (Å²) in [5.74, 6) is -0.115. The van der Waals surface area contributed by atoms with Gasteiger partial charge in [0.15, 0.2) is 0 Å². The first-order chi connectivity index (χ1) is 14.8. The molecule has 2 unspecified atom stereocenters. The predicted molar refractivity (Wildman–Crippen MR) is 121 cm³/mol. The van der Waals surface area contributed by atoms with Crippen LogP contribution in [-0.4, -0.2) is 61.0 Å². The van der Waals surface area contributed by atoms with Crippen molar-refractivity contribution < 1.29 is 14.3 Å². The summed E-state index contributed by atoms with van der Waals surface area (Å²) in [4.78, 5) is 30.5. The first kappa shape index (κ1) is 22.5. The molecule has 8 heteroatoms. The van der Waals surface area contributed by atoms with Crippen LogP contribution in [0.4, 0.5) is 0 Å². The van der Waals surface area contributed by atoms with Crippen LogP contribution >= 0.6 is 0 Å². The molecule has 2 aliphatic rings. The first-order valence-electron chi connectivity index (χ1n) is 10.6. The molecule has 1 aromatic carbocycles. The van der Waals surface area contributed by atoms with E-state index in [0.29, 0.717) is 42.7 Å². The number of benzene rings is 1. The van der Waals surface area contributed by atoms with Crippen molar-refractivity contribution in [3.63, 3.8) is 0 Å². The van der Waals surface area contributed by atoms with E-state index in [2.05, 4.69) is 16.9 Å². The molecular formula is C23H31N5O3. The summed E-state index contributed by atoms with van der Waals surface area (Å²) in [5, 5.41) is 12.1. The summed E-state index contributed by atoms with van der Waals surface area (Å²) in [5.41, 5.74) is 7.34. The van der Waals surface area contributed by atoms with Crippen LogP contribution in [0, 0.1) is 24.2 Å². The Kier molecular flexibility index (Phi) is 7.09. The van der Waals surface area contributed by atoms with E-state index >= 15 is 0 Å². The van der Waals surface area contributed by atoms with Gasteiger partial charge in [-0.3, -0.25) is 14.6 Å². The number of hydrogen-bond acceptors (Lipinski definition) is 6. The van der Waals surface area contributed by atoms with E-state index in [1.165, 1.54) is 6.08 Å². The highest BCUT2D eigenvalue weighted by atomic mass is 16.5. The molecule has 1 aromatic rings. The molecule has 1 fully saturated rings. The Bertz CT molecular complexity index is 902. The standard InChI is InChI=1S/C23H31N5O3/c1-4-19(29)28-11-8-15(9-12-28)17-7-10-26-23(27-17)20(22(25)30)21(24)16-6-5-14(2)18(13-16)31-3/h4-6,13,15,17,20,24H,1,7-12H2,2-3H3,(H2,25,30)(H,26,27). The molecule has 0 radical (unpaired) electrons. The fourth-order valence-corrected chi connectivity index (χ4v) is 4.38. The van der Waals surface area contributed by atoms with Crippen LogP contribution < -0.4 is 15.8 Å². The summed E-state index contributed by atoms with van der Waals surface area (Å²) >= 11 is 0. The second kappa shape index (κ2) is 9.76. The molecular weight excluding hydrogens is 394 g/mol. The lowest BCUT2D eigenvalue weighted by Crippen LogP contribution is -2.53. The number of primary amides is 1. The number of nitrogens with two attached hydrogens (primary N) is 1. The van der Waals surface area contributed by atoms with Crippen LogP contribution in [0.15, 0.2) is 35.8 Å². The predicted octanol–water partition coefficient (Wildman–Crippen LogP) is 1.66. The monoisotopic (exact) mass is 425 g/mol. The van der Waals surface area contributed by atoms with Crippen molar-refractivity contribution in [3.05, 3.63) is 42.0 Å². The Hall–Kier alpha value is -3.16. The van der Waals surface area contributed by atoms with E-state index in [0.717, 1.165) is 24.8 Å². The molecule has 0 spiro atoms. The van der Waals surface area contributed by atoms with E-state index in [9.17, 15) is 9.59 Å². The number of hydrogen-bond donors (Lipinski definition) is 3. The summed E-state index contributed by atoms with van der Waals surface area (Å²) < 4.78 is 5.36. The maximum atomic E-state index is 12.3. The highest BCUT2D eigenvalue weighted by Crippen LogP contribution is 2.26. The molecule has 1 saturated heterocycles. The summed E-state index contributed by atoms with van der Waals surface area (Å²) in [6.07, 6.45) is 3.95. The lowest BCUT2D eigenvalue weighted by Gasteiger charge is -2.38. The number of nitrogens with zero attached hydrogens (tertiary/aromatic N) is 2. The lowest BCUT2D eigenvalue weighted by atomic mass is 9.85. The van der Waals surface area contributed by atoms with Gasteiger partial charge in [-0.15, -0.1) is 0 Å². The summed E-state index contributed by atoms with van der Waals surface area (Å²) in [7, 11) is 1.58. The van der Waals surface area contributed by atoms with Gasteiger partial charge in [-0.05, 0) is 49.8 Å². The third kappa shape index (κ3) is 4.95. The number of methoxy groups -OCH3 is 1. The average molecular weight is 426 g/mol. The van der Waals surface area contributed by atoms with Crippen molar-refractivity contribution in [2.75, 3.05) is 26.7 Å². The van der Waals surface area contributed by atoms with E-state index < -0.39 is 11.8 Å². The minimum atomic E-state index is -0.947. The second-order valence-electron chi connectivity index (χ2n) is 8.11. The van der Waals surface area contributed by atoms with Gasteiger partial charge >= 0.3 is 0 Å². The average Bonchev–Trinajstić information content (AvgIpc) is 2.79. The number of carbonyl (C=O) groups is 2. The number of piperidine rings is 1. The quantitative estimate of drug-likeness (QED) is 0.454. The van der Waals surface area contributed by atoms with Crippen molar-refractivity contribution in [2.45, 2.75) is 32.2 Å². The van der Waals surface area contributed by atoms with Gasteiger partial charge in [0.25, 0.3) is 0 Å². The van der Waals surface area contributed by atoms with Crippen LogP contribution in [0.25, 0.3) is 0 Å². The zero-order valence-electron chi connectivity index (χ0n) is 18.2. The van der Waals surface area contributed by atoms with Crippen LogP contribution in [0.1, 0.15) is 30.4 Å². The SMILES string of the molecule is C=CC(=O)N1CCC(C2CCN=C(C(C(=N)c3ccc(C)c(OC)c3)C(N)=O)N2)CC1. The lowest BCUT2D eigenvalue weighted by molar-refractivity contribution is -0.127. The van der Waals surface area contributed by atoms with Crippen LogP contribution in [-0.2, 0) is 9.59 Å². The molecule has 0 bridgehead atoms. The number of ether oxygens (including phenoxy) is 1. The van der Waals surface area contributed by atoms with Crippen molar-refractivity contribution >= 4 is 23.4 Å². The maximum Gasteiger partial charge on any atom is 0.245 e. The van der Waals surface area contributed by atoms with Gasteiger partial charge in [0.2, 0.25) is 11.8 Å². The third-order valence-electron chi connectivity index (χ3n) is 6.22. The smallest absolute Gasteiger partial charge is 0.245 e. The number of amides is 2. The highest BCUT2D eigenvalue weighted by Gasteiger charge is 2.35. The molecule has 2 atom stereocenters. The Balaban J connectivity index is 1.73. The van der Waals surface area contributed by atoms with Crippen molar-refractivity contribution in [1.82, 2.24) is 10.2 Å². The van der Waals surface area contributed by atoms with E-state index in [-0.39, 0.29) is 17.7 Å². The van der Waals surface area contributed by atoms with Gasteiger partial charge in [0.05, 0.1) is 12.8 Å². The molecule has 8 nitrogen and oxygen atoms in total. The van der Waals surface area contributed by atoms with Crippen molar-refractivity contribution in [3.8, 4) is 5.75 Å². The fraction of sp³-hybridized carbons (Fsp3) is 0.478. The Morgan fingerprint density at radius 2 is 2.06 bits per heavy atom.